The molecule has 0 saturated carbocycles. The van der Waals surface area contributed by atoms with Crippen LogP contribution in [0.15, 0.2) is 52.3 Å². The third kappa shape index (κ3) is 3.13. The van der Waals surface area contributed by atoms with Crippen molar-refractivity contribution >= 4 is 41.0 Å². The van der Waals surface area contributed by atoms with Crippen LogP contribution < -0.4 is 10.1 Å². The van der Waals surface area contributed by atoms with Gasteiger partial charge >= 0.3 is 0 Å². The fourth-order valence-electron chi connectivity index (χ4n) is 2.13. The smallest absolute Gasteiger partial charge is 0.262 e. The first-order valence-electron chi connectivity index (χ1n) is 6.89. The van der Waals surface area contributed by atoms with E-state index in [2.05, 4.69) is 5.32 Å². The molecule has 0 fully saturated rings. The van der Waals surface area contributed by atoms with E-state index >= 15 is 0 Å². The fraction of sp³-hybridized carbons (Fsp3) is 0.118. The van der Waals surface area contributed by atoms with Gasteiger partial charge in [0.25, 0.3) is 5.91 Å². The van der Waals surface area contributed by atoms with Gasteiger partial charge in [-0.2, -0.15) is 0 Å². The number of para-hydroxylation sites is 1. The van der Waals surface area contributed by atoms with Gasteiger partial charge in [-0.3, -0.25) is 4.79 Å². The van der Waals surface area contributed by atoms with Crippen molar-refractivity contribution in [1.29, 1.82) is 0 Å². The highest BCUT2D eigenvalue weighted by atomic mass is 35.5. The quantitative estimate of drug-likeness (QED) is 0.819. The van der Waals surface area contributed by atoms with Crippen LogP contribution in [0.25, 0.3) is 6.08 Å². The predicted octanol–water partition coefficient (Wildman–Crippen LogP) is 4.82. The van der Waals surface area contributed by atoms with Crippen molar-refractivity contribution in [3.05, 3.63) is 58.0 Å². The largest absolute Gasteiger partial charge is 0.492 e. The van der Waals surface area contributed by atoms with E-state index in [9.17, 15) is 4.79 Å². The molecule has 0 bridgehead atoms. The SMILES string of the molecule is CCOc1ccc(/C=C2\Sc3ccccc3NC2=O)cc1Cl. The highest BCUT2D eigenvalue weighted by Crippen LogP contribution is 2.39. The van der Waals surface area contributed by atoms with Crippen LogP contribution in [0.4, 0.5) is 5.69 Å². The van der Waals surface area contributed by atoms with Gasteiger partial charge in [-0.1, -0.05) is 41.6 Å². The number of rotatable bonds is 3. The highest BCUT2D eigenvalue weighted by Gasteiger charge is 2.20. The standard InChI is InChI=1S/C17H14ClNO2S/c1-2-21-14-8-7-11(9-12(14)18)10-16-17(20)19-13-5-3-4-6-15(13)22-16/h3-10H,2H2,1H3,(H,19,20)/b16-10-. The molecular formula is C17H14ClNO2S. The molecule has 2 aromatic rings. The average Bonchev–Trinajstić information content (AvgIpc) is 2.51. The molecule has 3 rings (SSSR count). The first kappa shape index (κ1) is 15.0. The van der Waals surface area contributed by atoms with Gasteiger partial charge in [0, 0.05) is 4.90 Å². The lowest BCUT2D eigenvalue weighted by atomic mass is 10.2. The predicted molar refractivity (Wildman–Crippen MR) is 91.5 cm³/mol. The molecule has 1 N–H and O–H groups in total. The number of carbonyl (C=O) groups excluding carboxylic acids is 1. The first-order chi connectivity index (χ1) is 10.7. The van der Waals surface area contributed by atoms with E-state index in [4.69, 9.17) is 16.3 Å². The Morgan fingerprint density at radius 3 is 2.86 bits per heavy atom. The Labute approximate surface area is 138 Å². The van der Waals surface area contributed by atoms with Gasteiger partial charge in [-0.05, 0) is 42.8 Å². The number of amides is 1. The van der Waals surface area contributed by atoms with Crippen molar-refractivity contribution in [3.63, 3.8) is 0 Å². The Balaban J connectivity index is 1.89. The van der Waals surface area contributed by atoms with Gasteiger partial charge < -0.3 is 10.1 Å². The summed E-state index contributed by atoms with van der Waals surface area (Å²) in [6.45, 7) is 2.47. The van der Waals surface area contributed by atoms with E-state index < -0.39 is 0 Å². The summed E-state index contributed by atoms with van der Waals surface area (Å²) < 4.78 is 5.41. The maximum absolute atomic E-state index is 12.2. The Kier molecular flexibility index (Phi) is 4.41. The van der Waals surface area contributed by atoms with Gasteiger partial charge in [0.1, 0.15) is 5.75 Å². The molecule has 1 aliphatic rings. The molecule has 0 aromatic heterocycles. The molecule has 1 heterocycles. The van der Waals surface area contributed by atoms with E-state index in [1.165, 1.54) is 11.8 Å². The highest BCUT2D eigenvalue weighted by molar-refractivity contribution is 8.04. The zero-order valence-corrected chi connectivity index (χ0v) is 13.5. The third-order valence-electron chi connectivity index (χ3n) is 3.13. The Morgan fingerprint density at radius 2 is 2.09 bits per heavy atom. The van der Waals surface area contributed by atoms with Gasteiger partial charge in [0.15, 0.2) is 0 Å². The molecule has 1 amide bonds. The molecule has 3 nitrogen and oxygen atoms in total. The Morgan fingerprint density at radius 1 is 1.27 bits per heavy atom. The topological polar surface area (TPSA) is 38.3 Å². The summed E-state index contributed by atoms with van der Waals surface area (Å²) in [5.41, 5.74) is 1.71. The summed E-state index contributed by atoms with van der Waals surface area (Å²) in [6.07, 6.45) is 1.83. The molecule has 0 saturated heterocycles. The van der Waals surface area contributed by atoms with Crippen LogP contribution in [0.5, 0.6) is 5.75 Å². The van der Waals surface area contributed by atoms with Crippen LogP contribution in [0.1, 0.15) is 12.5 Å². The molecule has 112 valence electrons. The van der Waals surface area contributed by atoms with Gasteiger partial charge in [0.05, 0.1) is 22.2 Å². The number of ether oxygens (including phenoxy) is 1. The number of fused-ring (bicyclic) bond motifs is 1. The molecule has 2 aromatic carbocycles. The number of thioether (sulfide) groups is 1. The van der Waals surface area contributed by atoms with Gasteiger partial charge in [0.2, 0.25) is 0 Å². The summed E-state index contributed by atoms with van der Waals surface area (Å²) >= 11 is 7.64. The van der Waals surface area contributed by atoms with Crippen LogP contribution >= 0.6 is 23.4 Å². The monoisotopic (exact) mass is 331 g/mol. The second-order valence-electron chi connectivity index (χ2n) is 4.68. The molecule has 0 atom stereocenters. The Hall–Kier alpha value is -1.91. The molecule has 0 aliphatic carbocycles. The summed E-state index contributed by atoms with van der Waals surface area (Å²) in [5, 5.41) is 3.43. The number of hydrogen-bond donors (Lipinski definition) is 1. The summed E-state index contributed by atoms with van der Waals surface area (Å²) in [5.74, 6) is 0.547. The number of benzene rings is 2. The second-order valence-corrected chi connectivity index (χ2v) is 6.17. The normalized spacial score (nSPS) is 15.4. The molecule has 0 unspecified atom stereocenters. The fourth-order valence-corrected chi connectivity index (χ4v) is 3.33. The molecule has 0 spiro atoms. The summed E-state index contributed by atoms with van der Waals surface area (Å²) in [6, 6.07) is 13.2. The maximum Gasteiger partial charge on any atom is 0.262 e. The lowest BCUT2D eigenvalue weighted by Crippen LogP contribution is -2.17. The van der Waals surface area contributed by atoms with Gasteiger partial charge in [-0.15, -0.1) is 0 Å². The number of nitrogens with one attached hydrogen (secondary N) is 1. The van der Waals surface area contributed by atoms with Crippen molar-refractivity contribution in [2.75, 3.05) is 11.9 Å². The molecule has 0 radical (unpaired) electrons. The zero-order valence-electron chi connectivity index (χ0n) is 11.9. The lowest BCUT2D eigenvalue weighted by molar-refractivity contribution is -0.112. The summed E-state index contributed by atoms with van der Waals surface area (Å²) in [7, 11) is 0. The van der Waals surface area contributed by atoms with Crippen molar-refractivity contribution in [3.8, 4) is 5.75 Å². The summed E-state index contributed by atoms with van der Waals surface area (Å²) in [4.78, 5) is 13.8. The number of halogens is 1. The lowest BCUT2D eigenvalue weighted by Gasteiger charge is -2.18. The maximum atomic E-state index is 12.2. The van der Waals surface area contributed by atoms with E-state index in [0.717, 1.165) is 16.1 Å². The van der Waals surface area contributed by atoms with Crippen LogP contribution in [-0.4, -0.2) is 12.5 Å². The van der Waals surface area contributed by atoms with E-state index in [1.54, 1.807) is 6.07 Å². The van der Waals surface area contributed by atoms with E-state index in [1.807, 2.05) is 49.4 Å². The molecule has 22 heavy (non-hydrogen) atoms. The average molecular weight is 332 g/mol. The number of hydrogen-bond acceptors (Lipinski definition) is 3. The minimum absolute atomic E-state index is 0.103. The third-order valence-corrected chi connectivity index (χ3v) is 4.53. The molecular weight excluding hydrogens is 318 g/mol. The van der Waals surface area contributed by atoms with E-state index in [0.29, 0.717) is 22.3 Å². The molecule has 5 heteroatoms. The van der Waals surface area contributed by atoms with Crippen LogP contribution in [0, 0.1) is 0 Å². The van der Waals surface area contributed by atoms with Crippen LogP contribution in [0.2, 0.25) is 5.02 Å². The minimum Gasteiger partial charge on any atom is -0.492 e. The minimum atomic E-state index is -0.103. The number of anilines is 1. The van der Waals surface area contributed by atoms with Crippen molar-refractivity contribution in [2.24, 2.45) is 0 Å². The van der Waals surface area contributed by atoms with Crippen molar-refractivity contribution in [2.45, 2.75) is 11.8 Å². The first-order valence-corrected chi connectivity index (χ1v) is 8.09. The van der Waals surface area contributed by atoms with Crippen molar-refractivity contribution in [1.82, 2.24) is 0 Å². The van der Waals surface area contributed by atoms with Crippen LogP contribution in [-0.2, 0) is 4.79 Å². The van der Waals surface area contributed by atoms with E-state index in [-0.39, 0.29) is 5.91 Å². The number of carbonyl (C=O) groups is 1. The van der Waals surface area contributed by atoms with Crippen LogP contribution in [0.3, 0.4) is 0 Å². The zero-order chi connectivity index (χ0) is 15.5. The molecule has 1 aliphatic heterocycles. The van der Waals surface area contributed by atoms with Gasteiger partial charge in [-0.25, -0.2) is 0 Å². The second kappa shape index (κ2) is 6.46. The van der Waals surface area contributed by atoms with Crippen molar-refractivity contribution < 1.29 is 9.53 Å². The Bertz CT molecular complexity index is 758.